The van der Waals surface area contributed by atoms with Crippen LogP contribution in [-0.4, -0.2) is 66.0 Å². The van der Waals surface area contributed by atoms with Crippen molar-refractivity contribution in [1.82, 2.24) is 9.80 Å². The van der Waals surface area contributed by atoms with Gasteiger partial charge in [0.1, 0.15) is 12.4 Å². The summed E-state index contributed by atoms with van der Waals surface area (Å²) >= 11 is 1.30. The normalized spacial score (nSPS) is 18.4. The summed E-state index contributed by atoms with van der Waals surface area (Å²) in [6.07, 6.45) is 0.722. The average molecular weight is 519 g/mol. The van der Waals surface area contributed by atoms with Gasteiger partial charge in [-0.2, -0.15) is 0 Å². The van der Waals surface area contributed by atoms with Crippen LogP contribution >= 0.6 is 11.3 Å². The Balaban J connectivity index is 1.40. The summed E-state index contributed by atoms with van der Waals surface area (Å²) in [7, 11) is 0. The van der Waals surface area contributed by atoms with Crippen LogP contribution in [0.25, 0.3) is 0 Å². The maximum absolute atomic E-state index is 13.5. The Labute approximate surface area is 220 Å². The third-order valence-electron chi connectivity index (χ3n) is 6.69. The molecule has 1 amide bonds. The SMILES string of the molecule is O=C(C1=C(O)C(=O)N(CCCN2CCOCC2)[C@H]1c1cccc(OCc2ccccc2)c1)c1cccs1. The number of Topliss-reactive ketones (excluding diaryl/α,β-unsaturated/α-hetero) is 1. The van der Waals surface area contributed by atoms with Crippen molar-refractivity contribution in [3.05, 3.63) is 99.4 Å². The topological polar surface area (TPSA) is 79.3 Å². The number of aliphatic hydroxyl groups excluding tert-OH is 1. The lowest BCUT2D eigenvalue weighted by Crippen LogP contribution is -2.39. The number of nitrogens with zero attached hydrogens (tertiary/aromatic N) is 2. The number of amides is 1. The highest BCUT2D eigenvalue weighted by molar-refractivity contribution is 7.12. The van der Waals surface area contributed by atoms with E-state index in [2.05, 4.69) is 4.90 Å². The van der Waals surface area contributed by atoms with Crippen molar-refractivity contribution in [2.75, 3.05) is 39.4 Å². The molecule has 3 heterocycles. The molecule has 37 heavy (non-hydrogen) atoms. The number of carbonyl (C=O) groups is 2. The van der Waals surface area contributed by atoms with E-state index in [9.17, 15) is 14.7 Å². The molecule has 0 radical (unpaired) electrons. The number of benzene rings is 2. The molecular formula is C29H30N2O5S. The molecule has 3 aromatic rings. The van der Waals surface area contributed by atoms with Crippen molar-refractivity contribution in [2.24, 2.45) is 0 Å². The summed E-state index contributed by atoms with van der Waals surface area (Å²) in [6, 6.07) is 20.1. The zero-order valence-corrected chi connectivity index (χ0v) is 21.4. The van der Waals surface area contributed by atoms with Crippen LogP contribution in [-0.2, 0) is 16.1 Å². The number of rotatable bonds is 10. The smallest absolute Gasteiger partial charge is 0.290 e. The Morgan fingerprint density at radius 3 is 2.59 bits per heavy atom. The minimum atomic E-state index is -0.688. The van der Waals surface area contributed by atoms with Gasteiger partial charge in [-0.05, 0) is 41.1 Å². The number of carbonyl (C=O) groups excluding carboxylic acids is 2. The molecular weight excluding hydrogens is 488 g/mol. The third-order valence-corrected chi connectivity index (χ3v) is 7.56. The van der Waals surface area contributed by atoms with E-state index in [0.717, 1.165) is 37.2 Å². The zero-order valence-electron chi connectivity index (χ0n) is 20.5. The van der Waals surface area contributed by atoms with E-state index >= 15 is 0 Å². The second kappa shape index (κ2) is 11.7. The van der Waals surface area contributed by atoms with E-state index in [0.29, 0.717) is 37.0 Å². The summed E-state index contributed by atoms with van der Waals surface area (Å²) < 4.78 is 11.5. The van der Waals surface area contributed by atoms with Crippen molar-refractivity contribution in [3.63, 3.8) is 0 Å². The van der Waals surface area contributed by atoms with Crippen LogP contribution < -0.4 is 4.74 Å². The molecule has 1 N–H and O–H groups in total. The maximum Gasteiger partial charge on any atom is 0.290 e. The molecule has 0 bridgehead atoms. The predicted molar refractivity (Wildman–Crippen MR) is 142 cm³/mol. The van der Waals surface area contributed by atoms with Crippen LogP contribution in [0, 0.1) is 0 Å². The first-order valence-electron chi connectivity index (χ1n) is 12.5. The number of hydrogen-bond donors (Lipinski definition) is 1. The highest BCUT2D eigenvalue weighted by Gasteiger charge is 2.43. The van der Waals surface area contributed by atoms with Gasteiger partial charge in [-0.25, -0.2) is 0 Å². The minimum absolute atomic E-state index is 0.124. The third kappa shape index (κ3) is 5.77. The van der Waals surface area contributed by atoms with Crippen molar-refractivity contribution < 1.29 is 24.2 Å². The predicted octanol–water partition coefficient (Wildman–Crippen LogP) is 4.63. The number of morpholine rings is 1. The van der Waals surface area contributed by atoms with Gasteiger partial charge in [0.25, 0.3) is 5.91 Å². The van der Waals surface area contributed by atoms with Gasteiger partial charge < -0.3 is 19.5 Å². The van der Waals surface area contributed by atoms with Gasteiger partial charge in [-0.3, -0.25) is 14.5 Å². The molecule has 192 valence electrons. The monoisotopic (exact) mass is 518 g/mol. The molecule has 2 aromatic carbocycles. The second-order valence-corrected chi connectivity index (χ2v) is 10.1. The molecule has 1 aromatic heterocycles. The quantitative estimate of drug-likeness (QED) is 0.395. The Kier molecular flexibility index (Phi) is 7.99. The maximum atomic E-state index is 13.5. The Morgan fingerprint density at radius 2 is 1.84 bits per heavy atom. The van der Waals surface area contributed by atoms with E-state index in [-0.39, 0.29) is 11.4 Å². The highest BCUT2D eigenvalue weighted by Crippen LogP contribution is 2.40. The molecule has 0 aliphatic carbocycles. The van der Waals surface area contributed by atoms with Crippen molar-refractivity contribution in [3.8, 4) is 5.75 Å². The van der Waals surface area contributed by atoms with Gasteiger partial charge in [0, 0.05) is 26.2 Å². The van der Waals surface area contributed by atoms with E-state index in [1.165, 1.54) is 11.3 Å². The fourth-order valence-electron chi connectivity index (χ4n) is 4.81. The van der Waals surface area contributed by atoms with Crippen LogP contribution in [0.5, 0.6) is 5.75 Å². The number of ketones is 1. The molecule has 1 fully saturated rings. The van der Waals surface area contributed by atoms with Crippen molar-refractivity contribution in [1.29, 1.82) is 0 Å². The van der Waals surface area contributed by atoms with Crippen molar-refractivity contribution in [2.45, 2.75) is 19.1 Å². The first-order chi connectivity index (χ1) is 18.1. The number of thiophene rings is 1. The Hall–Kier alpha value is -3.46. The highest BCUT2D eigenvalue weighted by atomic mass is 32.1. The molecule has 2 aliphatic rings. The molecule has 0 spiro atoms. The summed E-state index contributed by atoms with van der Waals surface area (Å²) in [6.45, 7) is 4.79. The molecule has 7 nitrogen and oxygen atoms in total. The molecule has 1 atom stereocenters. The summed E-state index contributed by atoms with van der Waals surface area (Å²) in [5.74, 6) is -0.665. The van der Waals surface area contributed by atoms with Crippen LogP contribution in [0.2, 0.25) is 0 Å². The number of hydrogen-bond acceptors (Lipinski definition) is 7. The summed E-state index contributed by atoms with van der Waals surface area (Å²) in [5, 5.41) is 12.7. The van der Waals surface area contributed by atoms with E-state index < -0.39 is 17.7 Å². The molecule has 0 saturated carbocycles. The molecule has 5 rings (SSSR count). The van der Waals surface area contributed by atoms with Gasteiger partial charge in [0.2, 0.25) is 5.78 Å². The van der Waals surface area contributed by atoms with E-state index in [1.54, 1.807) is 17.0 Å². The first kappa shape index (κ1) is 25.2. The van der Waals surface area contributed by atoms with Crippen LogP contribution in [0.1, 0.15) is 33.3 Å². The average Bonchev–Trinajstić information content (AvgIpc) is 3.56. The van der Waals surface area contributed by atoms with Gasteiger partial charge in [0.05, 0.1) is 29.7 Å². The zero-order chi connectivity index (χ0) is 25.6. The van der Waals surface area contributed by atoms with Gasteiger partial charge in [-0.15, -0.1) is 11.3 Å². The minimum Gasteiger partial charge on any atom is -0.503 e. The lowest BCUT2D eigenvalue weighted by atomic mass is 9.95. The summed E-state index contributed by atoms with van der Waals surface area (Å²) in [5.41, 5.74) is 1.90. The van der Waals surface area contributed by atoms with Gasteiger partial charge >= 0.3 is 0 Å². The molecule has 0 unspecified atom stereocenters. The van der Waals surface area contributed by atoms with Gasteiger partial charge in [0.15, 0.2) is 5.76 Å². The standard InChI is InChI=1S/C29H30N2O5S/c32-27(24-11-5-18-37-24)25-26(22-9-4-10-23(19-22)36-20-21-7-2-1-3-8-21)31(29(34)28(25)33)13-6-12-30-14-16-35-17-15-30/h1-5,7-11,18-19,26,33H,6,12-17,20H2/t26-/m0/s1. The lowest BCUT2D eigenvalue weighted by molar-refractivity contribution is -0.129. The summed E-state index contributed by atoms with van der Waals surface area (Å²) in [4.78, 5) is 31.1. The Bertz CT molecular complexity index is 1250. The Morgan fingerprint density at radius 1 is 1.03 bits per heavy atom. The number of aliphatic hydroxyl groups is 1. The lowest BCUT2D eigenvalue weighted by Gasteiger charge is -2.30. The van der Waals surface area contributed by atoms with Crippen LogP contribution in [0.15, 0.2) is 83.4 Å². The molecule has 8 heteroatoms. The van der Waals surface area contributed by atoms with E-state index in [1.807, 2.05) is 60.0 Å². The largest absolute Gasteiger partial charge is 0.503 e. The van der Waals surface area contributed by atoms with Crippen LogP contribution in [0.4, 0.5) is 0 Å². The van der Waals surface area contributed by atoms with Crippen LogP contribution in [0.3, 0.4) is 0 Å². The molecule has 1 saturated heterocycles. The fourth-order valence-corrected chi connectivity index (χ4v) is 5.49. The van der Waals surface area contributed by atoms with E-state index in [4.69, 9.17) is 9.47 Å². The molecule has 2 aliphatic heterocycles. The fraction of sp³-hybridized carbons (Fsp3) is 0.310. The first-order valence-corrected chi connectivity index (χ1v) is 13.4. The van der Waals surface area contributed by atoms with Crippen molar-refractivity contribution >= 4 is 23.0 Å². The van der Waals surface area contributed by atoms with Gasteiger partial charge in [-0.1, -0.05) is 48.5 Å². The number of ether oxygens (including phenoxy) is 2. The second-order valence-electron chi connectivity index (χ2n) is 9.12.